The number of halogens is 2. The maximum Gasteiger partial charge on any atom is 0.348 e. The van der Waals surface area contributed by atoms with Gasteiger partial charge in [0.25, 0.3) is 0 Å². The van der Waals surface area contributed by atoms with E-state index in [0.29, 0.717) is 21.7 Å². The van der Waals surface area contributed by atoms with E-state index in [1.165, 1.54) is 6.26 Å². The van der Waals surface area contributed by atoms with Crippen LogP contribution in [-0.4, -0.2) is 12.6 Å². The number of hydrogen-bond acceptors (Lipinski definition) is 3. The van der Waals surface area contributed by atoms with Crippen molar-refractivity contribution < 1.29 is 14.3 Å². The van der Waals surface area contributed by atoms with Gasteiger partial charge in [0.05, 0.1) is 11.3 Å². The van der Waals surface area contributed by atoms with E-state index in [1.807, 2.05) is 6.08 Å². The van der Waals surface area contributed by atoms with Gasteiger partial charge in [-0.2, -0.15) is 0 Å². The summed E-state index contributed by atoms with van der Waals surface area (Å²) in [5.74, 6) is 0.624. The van der Waals surface area contributed by atoms with Gasteiger partial charge in [0.2, 0.25) is 0 Å². The summed E-state index contributed by atoms with van der Waals surface area (Å²) in [7, 11) is 0. The van der Waals surface area contributed by atoms with Crippen molar-refractivity contribution in [1.29, 1.82) is 0 Å². The molecule has 1 rings (SSSR count). The van der Waals surface area contributed by atoms with Gasteiger partial charge in [-0.3, -0.25) is 0 Å². The summed E-state index contributed by atoms with van der Waals surface area (Å²) in [6.45, 7) is 4.17. The van der Waals surface area contributed by atoms with Crippen LogP contribution in [0.25, 0.3) is 0 Å². The van der Waals surface area contributed by atoms with E-state index >= 15 is 0 Å². The van der Waals surface area contributed by atoms with Gasteiger partial charge in [0, 0.05) is 5.02 Å². The van der Waals surface area contributed by atoms with Gasteiger partial charge in [-0.25, -0.2) is 4.79 Å². The van der Waals surface area contributed by atoms with E-state index in [1.54, 1.807) is 18.2 Å². The summed E-state index contributed by atoms with van der Waals surface area (Å²) < 4.78 is 10.2. The first-order valence-corrected chi connectivity index (χ1v) is 7.67. The summed E-state index contributed by atoms with van der Waals surface area (Å²) in [5.41, 5.74) is 0. The van der Waals surface area contributed by atoms with Crippen LogP contribution in [0, 0.1) is 5.92 Å². The molecule has 0 saturated carbocycles. The lowest BCUT2D eigenvalue weighted by atomic mass is 10.1. The lowest BCUT2D eigenvalue weighted by Crippen LogP contribution is -2.12. The van der Waals surface area contributed by atoms with Gasteiger partial charge < -0.3 is 9.47 Å². The third-order valence-electron chi connectivity index (χ3n) is 2.69. The molecule has 5 heteroatoms. The van der Waals surface area contributed by atoms with Gasteiger partial charge in [0.15, 0.2) is 6.61 Å². The first-order valence-electron chi connectivity index (χ1n) is 6.91. The number of rotatable bonds is 8. The molecule has 1 aromatic rings. The molecule has 0 saturated heterocycles. The number of hydrogen-bond donors (Lipinski definition) is 0. The van der Waals surface area contributed by atoms with E-state index in [9.17, 15) is 4.79 Å². The Morgan fingerprint density at radius 1 is 1.33 bits per heavy atom. The zero-order valence-electron chi connectivity index (χ0n) is 12.3. The van der Waals surface area contributed by atoms with Gasteiger partial charge in [-0.1, -0.05) is 43.5 Å². The Labute approximate surface area is 135 Å². The second-order valence-electron chi connectivity index (χ2n) is 5.05. The first-order chi connectivity index (χ1) is 9.99. The minimum Gasteiger partial charge on any atom is -0.480 e. The number of allylic oxidation sites excluding steroid dienone is 1. The Hall–Kier alpha value is -1.19. The fraction of sp³-hybridized carbons (Fsp3) is 0.438. The van der Waals surface area contributed by atoms with Gasteiger partial charge in [-0.15, -0.1) is 0 Å². The second kappa shape index (κ2) is 9.69. The summed E-state index contributed by atoms with van der Waals surface area (Å²) in [5, 5.41) is 0.874. The van der Waals surface area contributed by atoms with Crippen molar-refractivity contribution >= 4 is 29.2 Å². The van der Waals surface area contributed by atoms with Crippen LogP contribution >= 0.6 is 23.2 Å². The minimum atomic E-state index is -0.471. The number of ether oxygens (including phenoxy) is 2. The molecular formula is C16H20Cl2O3. The summed E-state index contributed by atoms with van der Waals surface area (Å²) >= 11 is 11.7. The molecule has 0 aliphatic heterocycles. The minimum absolute atomic E-state index is 0.197. The Kier molecular flexibility index (Phi) is 8.24. The molecule has 0 aromatic heterocycles. The number of carbonyl (C=O) groups excluding carboxylic acids is 1. The summed E-state index contributed by atoms with van der Waals surface area (Å²) in [6.07, 6.45) is 6.40. The molecule has 0 amide bonds. The zero-order chi connectivity index (χ0) is 15.7. The van der Waals surface area contributed by atoms with Crippen molar-refractivity contribution in [2.75, 3.05) is 6.61 Å². The fourth-order valence-electron chi connectivity index (χ4n) is 1.60. The van der Waals surface area contributed by atoms with Crippen LogP contribution in [0.1, 0.15) is 33.1 Å². The van der Waals surface area contributed by atoms with E-state index in [-0.39, 0.29) is 6.61 Å². The topological polar surface area (TPSA) is 35.5 Å². The number of carbonyl (C=O) groups is 1. The predicted molar refractivity (Wildman–Crippen MR) is 85.9 cm³/mol. The molecule has 0 spiro atoms. The Balaban J connectivity index is 2.23. The smallest absolute Gasteiger partial charge is 0.348 e. The summed E-state index contributed by atoms with van der Waals surface area (Å²) in [4.78, 5) is 11.5. The average Bonchev–Trinajstić information content (AvgIpc) is 2.41. The van der Waals surface area contributed by atoms with E-state index in [0.717, 1.165) is 19.3 Å². The Bertz CT molecular complexity index is 484. The highest BCUT2D eigenvalue weighted by atomic mass is 35.5. The van der Waals surface area contributed by atoms with Crippen LogP contribution < -0.4 is 4.74 Å². The fourth-order valence-corrected chi connectivity index (χ4v) is 2.06. The van der Waals surface area contributed by atoms with Gasteiger partial charge in [-0.05, 0) is 43.0 Å². The van der Waals surface area contributed by atoms with E-state index in [2.05, 4.69) is 13.8 Å². The maximum atomic E-state index is 11.5. The van der Waals surface area contributed by atoms with Crippen molar-refractivity contribution in [3.05, 3.63) is 40.6 Å². The molecule has 21 heavy (non-hydrogen) atoms. The Morgan fingerprint density at radius 2 is 2.10 bits per heavy atom. The number of unbranched alkanes of at least 4 members (excludes halogenated alkanes) is 1. The first kappa shape index (κ1) is 17.9. The van der Waals surface area contributed by atoms with Crippen molar-refractivity contribution in [3.63, 3.8) is 0 Å². The lowest BCUT2D eigenvalue weighted by molar-refractivity contribution is -0.140. The number of benzene rings is 1. The third-order valence-corrected chi connectivity index (χ3v) is 3.22. The van der Waals surface area contributed by atoms with Crippen molar-refractivity contribution in [2.45, 2.75) is 33.1 Å². The lowest BCUT2D eigenvalue weighted by Gasteiger charge is -2.06. The molecule has 0 aliphatic rings. The molecule has 0 atom stereocenters. The van der Waals surface area contributed by atoms with E-state index in [4.69, 9.17) is 32.7 Å². The largest absolute Gasteiger partial charge is 0.480 e. The van der Waals surface area contributed by atoms with Crippen LogP contribution in [0.3, 0.4) is 0 Å². The quantitative estimate of drug-likeness (QED) is 0.370. The predicted octanol–water partition coefficient (Wildman–Crippen LogP) is 5.26. The van der Waals surface area contributed by atoms with Gasteiger partial charge in [0.1, 0.15) is 5.75 Å². The highest BCUT2D eigenvalue weighted by Gasteiger charge is 2.06. The normalized spacial score (nSPS) is 11.1. The molecule has 3 nitrogen and oxygen atoms in total. The van der Waals surface area contributed by atoms with Crippen LogP contribution in [0.15, 0.2) is 30.5 Å². The Morgan fingerprint density at radius 3 is 2.76 bits per heavy atom. The second-order valence-corrected chi connectivity index (χ2v) is 5.89. The van der Waals surface area contributed by atoms with Crippen molar-refractivity contribution in [3.8, 4) is 5.75 Å². The summed E-state index contributed by atoms with van der Waals surface area (Å²) in [6, 6.07) is 4.81. The monoisotopic (exact) mass is 330 g/mol. The molecular weight excluding hydrogens is 311 g/mol. The SMILES string of the molecule is CC(C)CCC/C=C/OC(=O)COc1ccc(Cl)cc1Cl. The average molecular weight is 331 g/mol. The molecule has 0 bridgehead atoms. The standard InChI is InChI=1S/C16H20Cl2O3/c1-12(2)6-4-3-5-9-20-16(19)11-21-15-8-7-13(17)10-14(15)18/h5,7-10,12H,3-4,6,11H2,1-2H3/b9-5+. The molecule has 0 radical (unpaired) electrons. The zero-order valence-corrected chi connectivity index (χ0v) is 13.8. The molecule has 0 aliphatic carbocycles. The highest BCUT2D eigenvalue weighted by molar-refractivity contribution is 6.35. The molecule has 0 fully saturated rings. The third kappa shape index (κ3) is 7.98. The molecule has 0 heterocycles. The molecule has 0 unspecified atom stereocenters. The number of esters is 1. The van der Waals surface area contributed by atoms with Crippen LogP contribution in [0.5, 0.6) is 5.75 Å². The van der Waals surface area contributed by atoms with E-state index < -0.39 is 5.97 Å². The molecule has 116 valence electrons. The highest BCUT2D eigenvalue weighted by Crippen LogP contribution is 2.27. The molecule has 1 aromatic carbocycles. The maximum absolute atomic E-state index is 11.5. The van der Waals surface area contributed by atoms with Gasteiger partial charge >= 0.3 is 5.97 Å². The van der Waals surface area contributed by atoms with Crippen molar-refractivity contribution in [1.82, 2.24) is 0 Å². The van der Waals surface area contributed by atoms with Crippen LogP contribution in [0.2, 0.25) is 10.0 Å². The van der Waals surface area contributed by atoms with Crippen LogP contribution in [0.4, 0.5) is 0 Å². The van der Waals surface area contributed by atoms with Crippen LogP contribution in [-0.2, 0) is 9.53 Å². The van der Waals surface area contributed by atoms with Crippen molar-refractivity contribution in [2.24, 2.45) is 5.92 Å². The molecule has 0 N–H and O–H groups in total.